The minimum atomic E-state index is 0.606. The second-order valence-electron chi connectivity index (χ2n) is 15.7. The quantitative estimate of drug-likeness (QED) is 0.136. The molecule has 0 unspecified atom stereocenters. The number of oxazole rings is 3. The van der Waals surface area contributed by atoms with Crippen LogP contribution in [-0.4, -0.2) is 114 Å². The van der Waals surface area contributed by atoms with Gasteiger partial charge in [0.25, 0.3) is 0 Å². The molecule has 0 fully saturated rings. The third kappa shape index (κ3) is 50.3. The SMILES string of the molecule is Cc1ccccn1.Cc1ccncn1.Cc1ccns1.Cc1cnccn1.Cc1cnco1.Cc1cocn1.Cc1ncccn1.Cc1ncco1.Cc1ncno1.Cc1ncns1.Cc1ncon1.Cc1ncsn1.Cc1nnco1.Cc1nncs1. The minimum Gasteiger partial charge on any atom is -0.452 e. The van der Waals surface area contributed by atoms with Gasteiger partial charge in [0, 0.05) is 86.6 Å². The highest BCUT2D eigenvalue weighted by Crippen LogP contribution is 1.99. The Bertz CT molecular complexity index is 2790. The van der Waals surface area contributed by atoms with E-state index in [1.165, 1.54) is 77.7 Å². The molecule has 0 aliphatic carbocycles. The van der Waals surface area contributed by atoms with E-state index in [-0.39, 0.29) is 0 Å². The van der Waals surface area contributed by atoms with E-state index in [4.69, 9.17) is 8.83 Å². The Hall–Kier alpha value is -10.2. The van der Waals surface area contributed by atoms with Gasteiger partial charge in [0.15, 0.2) is 30.8 Å². The third-order valence-electron chi connectivity index (χ3n) is 7.99. The number of nitrogens with zero attached hydrogens (tertiary/aromatic N) is 23. The van der Waals surface area contributed by atoms with Crippen LogP contribution in [0.1, 0.15) is 78.6 Å². The fourth-order valence-corrected chi connectivity index (χ4v) is 5.58. The molecule has 0 aliphatic rings. The van der Waals surface area contributed by atoms with Crippen molar-refractivity contribution in [1.82, 2.24) is 114 Å². The predicted octanol–water partition coefficient (Wildman–Crippen LogP) is 11.8. The highest BCUT2D eigenvalue weighted by Gasteiger charge is 1.85. The second-order valence-corrected chi connectivity index (χ2v) is 19.3. The van der Waals surface area contributed by atoms with Gasteiger partial charge in [0.2, 0.25) is 24.6 Å². The molecule has 0 N–H and O–H groups in total. The normalized spacial score (nSPS) is 8.80. The van der Waals surface area contributed by atoms with E-state index < -0.39 is 0 Å². The first-order chi connectivity index (χ1) is 42.5. The summed E-state index contributed by atoms with van der Waals surface area (Å²) < 4.78 is 38.9. The Kier molecular flexibility index (Phi) is 45.0. The fourth-order valence-electron chi connectivity index (χ4n) is 4.04. The number of rotatable bonds is 0. The first-order valence-electron chi connectivity index (χ1n) is 25.4. The maximum Gasteiger partial charge on any atom is 0.223 e. The Labute approximate surface area is 525 Å². The second kappa shape index (κ2) is 52.3. The summed E-state index contributed by atoms with van der Waals surface area (Å²) in [4.78, 5) is 54.4. The van der Waals surface area contributed by atoms with E-state index in [2.05, 4.69) is 131 Å². The fraction of sp³-hybridized carbons (Fsp3) is 0.255. The Morgan fingerprint density at radius 1 is 0.420 bits per heavy atom. The van der Waals surface area contributed by atoms with Gasteiger partial charge in [-0.2, -0.15) is 18.7 Å². The predicted molar refractivity (Wildman–Crippen MR) is 331 cm³/mol. The molecule has 14 rings (SSSR count). The summed E-state index contributed by atoms with van der Waals surface area (Å²) in [5.41, 5.74) is 7.40. The van der Waals surface area contributed by atoms with Crippen LogP contribution in [0.3, 0.4) is 0 Å². The molecule has 0 bridgehead atoms. The first-order valence-corrected chi connectivity index (χ1v) is 28.7. The zero-order valence-corrected chi connectivity index (χ0v) is 54.2. The van der Waals surface area contributed by atoms with Crippen LogP contribution in [0.25, 0.3) is 0 Å². The summed E-state index contributed by atoms with van der Waals surface area (Å²) in [6.45, 7) is 26.2. The maximum absolute atomic E-state index is 4.72. The van der Waals surface area contributed by atoms with Crippen molar-refractivity contribution in [2.75, 3.05) is 0 Å². The Morgan fingerprint density at radius 2 is 1.20 bits per heavy atom. The van der Waals surface area contributed by atoms with E-state index in [0.717, 1.165) is 56.1 Å². The lowest BCUT2D eigenvalue weighted by atomic mass is 10.4. The summed E-state index contributed by atoms with van der Waals surface area (Å²) >= 11 is 5.88. The van der Waals surface area contributed by atoms with Crippen molar-refractivity contribution in [3.63, 3.8) is 0 Å². The minimum absolute atomic E-state index is 0.606. The third-order valence-corrected chi connectivity index (χ3v) is 10.4. The summed E-state index contributed by atoms with van der Waals surface area (Å²) in [6, 6.07) is 11.5. The van der Waals surface area contributed by atoms with Crippen molar-refractivity contribution in [2.24, 2.45) is 0 Å². The lowest BCUT2D eigenvalue weighted by Gasteiger charge is -1.82. The van der Waals surface area contributed by atoms with Crippen molar-refractivity contribution < 1.29 is 26.7 Å². The van der Waals surface area contributed by atoms with Gasteiger partial charge in [0.05, 0.1) is 23.8 Å². The van der Waals surface area contributed by atoms with E-state index in [9.17, 15) is 0 Å². The standard InChI is InChI=1S/C6H7N.3C5H6N2.3C4H5NO.C4H5NS.3C3H4N2O.3C3H4N2S/c1-6-4-2-3-5-7-6;1-5-4-6-2-3-7-5;1-5-2-3-6-4-7-5;1-5-6-3-2-4-7-5;1-4-2-6-3-5-4;1-4-2-5-3-6-4;1-4-5-2-3-6-4;1-4-2-3-5-6-4;1-3-5-4-2-6-3;1-3-4-2-6-5-3;1-3-4-2-5-6-3;1-3-5-4-2-6-3;1-3-4-2-6-5-3;1-3-4-2-5-6-3/h2-5H,1H3;3*2-4H,1H3;4*2-3H,1H3;6*2H,1H3. The largest absolute Gasteiger partial charge is 0.452 e. The van der Waals surface area contributed by atoms with Gasteiger partial charge in [-0.3, -0.25) is 15.0 Å². The zero-order chi connectivity index (χ0) is 64.5. The molecule has 33 heteroatoms. The number of hydrogen-bond donors (Lipinski definition) is 0. The number of hydrogen-bond acceptors (Lipinski definition) is 33. The van der Waals surface area contributed by atoms with E-state index in [1.807, 2.05) is 99.6 Å². The molecule has 0 aliphatic heterocycles. The summed E-state index contributed by atoms with van der Waals surface area (Å²) in [5.74, 6) is 5.15. The van der Waals surface area contributed by atoms with Gasteiger partial charge in [-0.1, -0.05) is 16.4 Å². The molecule has 0 amide bonds. The number of pyridine rings is 1. The van der Waals surface area contributed by atoms with Crippen molar-refractivity contribution in [3.8, 4) is 0 Å². The van der Waals surface area contributed by atoms with Crippen LogP contribution in [0.4, 0.5) is 0 Å². The maximum atomic E-state index is 4.72. The van der Waals surface area contributed by atoms with E-state index in [1.54, 1.807) is 137 Å². The Morgan fingerprint density at radius 3 is 1.41 bits per heavy atom. The smallest absolute Gasteiger partial charge is 0.223 e. The molecule has 14 heterocycles. The van der Waals surface area contributed by atoms with Crippen LogP contribution in [0.15, 0.2) is 193 Å². The van der Waals surface area contributed by atoms with Crippen LogP contribution in [0.5, 0.6) is 0 Å². The molecule has 29 nitrogen and oxygen atoms in total. The molecule has 0 aromatic carbocycles. The van der Waals surface area contributed by atoms with E-state index in [0.29, 0.717) is 17.6 Å². The molecule has 88 heavy (non-hydrogen) atoms. The molecule has 0 atom stereocenters. The molecular formula is C55H69N23O6S4. The first kappa shape index (κ1) is 75.8. The zero-order valence-electron chi connectivity index (χ0n) is 51.0. The lowest BCUT2D eigenvalue weighted by molar-refractivity contribution is 0.392. The Balaban J connectivity index is 0.000000474. The van der Waals surface area contributed by atoms with Gasteiger partial charge in [0.1, 0.15) is 63.6 Å². The van der Waals surface area contributed by atoms with Gasteiger partial charge in [-0.15, -0.1) is 31.7 Å². The van der Waals surface area contributed by atoms with Crippen molar-refractivity contribution in [2.45, 2.75) is 96.9 Å². The highest BCUT2D eigenvalue weighted by atomic mass is 32.1. The molecule has 14 aromatic rings. The van der Waals surface area contributed by atoms with Crippen molar-refractivity contribution in [1.29, 1.82) is 0 Å². The summed E-state index contributed by atoms with van der Waals surface area (Å²) in [6.07, 6.45) is 30.1. The van der Waals surface area contributed by atoms with Crippen LogP contribution in [0.2, 0.25) is 0 Å². The van der Waals surface area contributed by atoms with Crippen LogP contribution >= 0.6 is 45.9 Å². The molecule has 464 valence electrons. The van der Waals surface area contributed by atoms with Gasteiger partial charge >= 0.3 is 0 Å². The molecule has 0 saturated carbocycles. The van der Waals surface area contributed by atoms with Crippen LogP contribution in [-0.2, 0) is 0 Å². The molecule has 0 saturated heterocycles. The molecule has 0 radical (unpaired) electrons. The van der Waals surface area contributed by atoms with Crippen LogP contribution in [0, 0.1) is 96.9 Å². The number of aryl methyl sites for hydroxylation is 14. The van der Waals surface area contributed by atoms with E-state index >= 15 is 0 Å². The average molecular weight is 1280 g/mol. The highest BCUT2D eigenvalue weighted by molar-refractivity contribution is 7.09. The molecular weight excluding hydrogens is 1210 g/mol. The monoisotopic (exact) mass is 1280 g/mol. The number of aromatic nitrogens is 23. The molecule has 0 spiro atoms. The van der Waals surface area contributed by atoms with Crippen molar-refractivity contribution >= 4 is 45.9 Å². The topological polar surface area (TPSA) is 375 Å². The van der Waals surface area contributed by atoms with Gasteiger partial charge in [-0.05, 0) is 141 Å². The van der Waals surface area contributed by atoms with Gasteiger partial charge in [-0.25, -0.2) is 49.2 Å². The van der Waals surface area contributed by atoms with Gasteiger partial charge < -0.3 is 26.7 Å². The van der Waals surface area contributed by atoms with Crippen molar-refractivity contribution in [3.05, 3.63) is 245 Å². The summed E-state index contributed by atoms with van der Waals surface area (Å²) in [7, 11) is 0. The summed E-state index contributed by atoms with van der Waals surface area (Å²) in [5, 5.41) is 23.0. The average Bonchev–Trinajstić information content (AvgIpc) is 4.35. The lowest BCUT2D eigenvalue weighted by Crippen LogP contribution is -1.80. The molecule has 14 aromatic heterocycles. The van der Waals surface area contributed by atoms with Crippen LogP contribution < -0.4 is 0 Å².